The van der Waals surface area contributed by atoms with Crippen LogP contribution in [0.5, 0.6) is 5.75 Å². The summed E-state index contributed by atoms with van der Waals surface area (Å²) in [5, 5.41) is 13.3. The second-order valence-electron chi connectivity index (χ2n) is 18.1. The average Bonchev–Trinajstić information content (AvgIpc) is 3.77. The summed E-state index contributed by atoms with van der Waals surface area (Å²) >= 11 is 0. The van der Waals surface area contributed by atoms with E-state index in [9.17, 15) is 5.11 Å². The average molecular weight is 980 g/mol. The number of hydrogen-bond donors (Lipinski definition) is 1. The minimum Gasteiger partial charge on any atom is -0.507 e. The number of phenolic OH excluding ortho intramolecular Hbond substituents is 1. The summed E-state index contributed by atoms with van der Waals surface area (Å²) in [5.41, 5.74) is 16.0. The number of phenols is 1. The molecule has 5 nitrogen and oxygen atoms in total. The molecule has 0 saturated carbocycles. The van der Waals surface area contributed by atoms with Gasteiger partial charge in [0.15, 0.2) is 5.58 Å². The van der Waals surface area contributed by atoms with Gasteiger partial charge in [-0.2, -0.15) is 0 Å². The van der Waals surface area contributed by atoms with Gasteiger partial charge in [-0.1, -0.05) is 144 Å². The topological polar surface area (TPSA) is 64.1 Å². The van der Waals surface area contributed by atoms with E-state index in [2.05, 4.69) is 194 Å². The standard InChI is InChI=1S/C55H50N3O2.Pt/c1-33-18-15-19-34(2)49(33)52-35(3)42-31-45(56-32-48(42)60-52)38-23-16-22-37(28-38)41-25-17-27-47-50(41)57-53(43-29-39(54(4,5)6)30-44(51(43)59)55(7,8)9)58(47)46-26-14-13-24-40(46)36-20-11-10-12-21-36;/h10-27,29-32,59H,1-9H3;/q-1;. The van der Waals surface area contributed by atoms with E-state index in [0.29, 0.717) is 11.4 Å². The molecule has 0 aliphatic heterocycles. The quantitative estimate of drug-likeness (QED) is 0.169. The van der Waals surface area contributed by atoms with E-state index in [-0.39, 0.29) is 37.6 Å². The predicted octanol–water partition coefficient (Wildman–Crippen LogP) is 14.5. The van der Waals surface area contributed by atoms with Crippen LogP contribution in [-0.4, -0.2) is 19.6 Å². The van der Waals surface area contributed by atoms with E-state index in [4.69, 9.17) is 14.4 Å². The number of aryl methyl sites for hydroxylation is 3. The Hall–Kier alpha value is -6.03. The smallest absolute Gasteiger partial charge is 0.151 e. The molecule has 0 bridgehead atoms. The third-order valence-electron chi connectivity index (χ3n) is 11.8. The Morgan fingerprint density at radius 3 is 2.03 bits per heavy atom. The van der Waals surface area contributed by atoms with Crippen LogP contribution in [0.3, 0.4) is 0 Å². The molecule has 0 amide bonds. The fraction of sp³-hybridized carbons (Fsp3) is 0.200. The monoisotopic (exact) mass is 979 g/mol. The zero-order chi connectivity index (χ0) is 42.1. The van der Waals surface area contributed by atoms with Crippen LogP contribution < -0.4 is 0 Å². The Bertz CT molecular complexity index is 3080. The molecule has 0 fully saturated rings. The molecule has 61 heavy (non-hydrogen) atoms. The Morgan fingerprint density at radius 2 is 1.31 bits per heavy atom. The molecular weight excluding hydrogens is 930 g/mol. The largest absolute Gasteiger partial charge is 0.507 e. The number of aromatic nitrogens is 3. The van der Waals surface area contributed by atoms with E-state index in [1.807, 2.05) is 12.3 Å². The maximum Gasteiger partial charge on any atom is 0.151 e. The molecule has 0 spiro atoms. The van der Waals surface area contributed by atoms with Crippen molar-refractivity contribution in [1.29, 1.82) is 0 Å². The fourth-order valence-corrected chi connectivity index (χ4v) is 8.54. The van der Waals surface area contributed by atoms with Crippen LogP contribution in [0.2, 0.25) is 0 Å². The number of furan rings is 1. The molecular formula is C55H50N3O2Pt-. The van der Waals surface area contributed by atoms with Crippen LogP contribution >= 0.6 is 0 Å². The summed E-state index contributed by atoms with van der Waals surface area (Å²) in [6.07, 6.45) is 1.83. The Morgan fingerprint density at radius 1 is 0.656 bits per heavy atom. The maximum atomic E-state index is 12.3. The maximum absolute atomic E-state index is 12.3. The van der Waals surface area contributed by atoms with E-state index in [1.165, 1.54) is 11.1 Å². The second-order valence-corrected chi connectivity index (χ2v) is 18.1. The molecule has 6 aromatic carbocycles. The molecule has 0 radical (unpaired) electrons. The Labute approximate surface area is 373 Å². The normalized spacial score (nSPS) is 12.0. The summed E-state index contributed by atoms with van der Waals surface area (Å²) in [4.78, 5) is 10.4. The van der Waals surface area contributed by atoms with Crippen LogP contribution in [-0.2, 0) is 31.9 Å². The SMILES string of the molecule is Cc1cccc(C)c1-c1oc2cnc(-c3[c-]c(-c4cccc5c4nc(-c4cc(C(C)(C)C)cc(C(C)(C)C)c4O)n5-c4ccccc4-c4ccccc4)ccc3)cc2c1C.[Pt]. The zero-order valence-electron chi connectivity index (χ0n) is 36.2. The van der Waals surface area contributed by atoms with Crippen molar-refractivity contribution in [3.63, 3.8) is 0 Å². The van der Waals surface area contributed by atoms with Crippen molar-refractivity contribution in [2.45, 2.75) is 73.1 Å². The number of aromatic hydroxyl groups is 1. The van der Waals surface area contributed by atoms with Crippen molar-refractivity contribution < 1.29 is 30.6 Å². The number of para-hydroxylation sites is 2. The number of nitrogens with zero attached hydrogens (tertiary/aromatic N) is 3. The first-order valence-corrected chi connectivity index (χ1v) is 20.7. The summed E-state index contributed by atoms with van der Waals surface area (Å²) in [5.74, 6) is 1.81. The molecule has 0 unspecified atom stereocenters. The van der Waals surface area contributed by atoms with Gasteiger partial charge in [-0.05, 0) is 72.1 Å². The molecule has 0 saturated heterocycles. The number of imidazole rings is 1. The fourth-order valence-electron chi connectivity index (χ4n) is 8.54. The number of benzene rings is 6. The van der Waals surface area contributed by atoms with Crippen molar-refractivity contribution >= 4 is 22.0 Å². The molecule has 308 valence electrons. The first-order valence-electron chi connectivity index (χ1n) is 20.7. The van der Waals surface area contributed by atoms with Gasteiger partial charge in [0.25, 0.3) is 0 Å². The van der Waals surface area contributed by atoms with Crippen LogP contribution in [0.15, 0.2) is 138 Å². The Balaban J connectivity index is 0.00000514. The molecule has 6 heteroatoms. The van der Waals surface area contributed by atoms with Gasteiger partial charge in [0, 0.05) is 54.4 Å². The predicted molar refractivity (Wildman–Crippen MR) is 248 cm³/mol. The molecule has 9 aromatic rings. The molecule has 3 heterocycles. The number of hydrogen-bond acceptors (Lipinski definition) is 4. The minimum absolute atomic E-state index is 0. The van der Waals surface area contributed by atoms with Gasteiger partial charge in [0.05, 0.1) is 28.5 Å². The molecule has 0 atom stereocenters. The zero-order valence-corrected chi connectivity index (χ0v) is 38.5. The van der Waals surface area contributed by atoms with Crippen LogP contribution in [0, 0.1) is 26.8 Å². The molecule has 0 aliphatic rings. The molecule has 0 aliphatic carbocycles. The molecule has 3 aromatic heterocycles. The number of rotatable bonds is 6. The van der Waals surface area contributed by atoms with E-state index >= 15 is 0 Å². The third kappa shape index (κ3) is 7.44. The van der Waals surface area contributed by atoms with Gasteiger partial charge in [0.2, 0.25) is 0 Å². The Kier molecular flexibility index (Phi) is 10.8. The molecule has 1 N–H and O–H groups in total. The van der Waals surface area contributed by atoms with E-state index in [1.54, 1.807) is 0 Å². The van der Waals surface area contributed by atoms with Gasteiger partial charge in [-0.3, -0.25) is 9.55 Å². The van der Waals surface area contributed by atoms with Gasteiger partial charge in [0.1, 0.15) is 17.3 Å². The first kappa shape index (κ1) is 41.7. The van der Waals surface area contributed by atoms with Crippen molar-refractivity contribution in [3.05, 3.63) is 167 Å². The van der Waals surface area contributed by atoms with Gasteiger partial charge >= 0.3 is 0 Å². The van der Waals surface area contributed by atoms with Crippen LogP contribution in [0.25, 0.3) is 83.9 Å². The van der Waals surface area contributed by atoms with E-state index < -0.39 is 0 Å². The van der Waals surface area contributed by atoms with Crippen LogP contribution in [0.1, 0.15) is 69.4 Å². The summed E-state index contributed by atoms with van der Waals surface area (Å²) in [6, 6.07) is 47.9. The van der Waals surface area contributed by atoms with Crippen molar-refractivity contribution in [1.82, 2.24) is 14.5 Å². The summed E-state index contributed by atoms with van der Waals surface area (Å²) in [7, 11) is 0. The number of fused-ring (bicyclic) bond motifs is 2. The van der Waals surface area contributed by atoms with Gasteiger partial charge < -0.3 is 9.52 Å². The first-order chi connectivity index (χ1) is 28.7. The van der Waals surface area contributed by atoms with E-state index in [0.717, 1.165) is 89.2 Å². The second kappa shape index (κ2) is 15.8. The van der Waals surface area contributed by atoms with Gasteiger partial charge in [-0.15, -0.1) is 29.8 Å². The van der Waals surface area contributed by atoms with Crippen molar-refractivity contribution in [3.8, 4) is 67.7 Å². The van der Waals surface area contributed by atoms with Gasteiger partial charge in [-0.25, -0.2) is 4.98 Å². The molecule has 9 rings (SSSR count). The summed E-state index contributed by atoms with van der Waals surface area (Å²) in [6.45, 7) is 19.5. The third-order valence-corrected chi connectivity index (χ3v) is 11.8. The van der Waals surface area contributed by atoms with Crippen LogP contribution in [0.4, 0.5) is 0 Å². The van der Waals surface area contributed by atoms with Crippen molar-refractivity contribution in [2.24, 2.45) is 0 Å². The summed E-state index contributed by atoms with van der Waals surface area (Å²) < 4.78 is 8.69. The van der Waals surface area contributed by atoms with Crippen molar-refractivity contribution in [2.75, 3.05) is 0 Å². The minimum atomic E-state index is -0.313. The number of pyridine rings is 1.